The molecule has 1 heterocycles. The molecule has 5 nitrogen and oxygen atoms in total. The molecule has 0 bridgehead atoms. The Morgan fingerprint density at radius 3 is 2.48 bits per heavy atom. The van der Waals surface area contributed by atoms with Crippen LogP contribution in [-0.4, -0.2) is 30.9 Å². The second kappa shape index (κ2) is 7.26. The van der Waals surface area contributed by atoms with E-state index in [0.717, 1.165) is 5.56 Å². The van der Waals surface area contributed by atoms with Gasteiger partial charge in [-0.3, -0.25) is 0 Å². The molecule has 1 aromatic heterocycles. The molecule has 0 spiro atoms. The van der Waals surface area contributed by atoms with Crippen LogP contribution in [0.5, 0.6) is 0 Å². The van der Waals surface area contributed by atoms with Crippen molar-refractivity contribution in [3.8, 4) is 0 Å². The van der Waals surface area contributed by atoms with Gasteiger partial charge in [0.25, 0.3) is 0 Å². The van der Waals surface area contributed by atoms with Crippen LogP contribution in [0.1, 0.15) is 33.3 Å². The van der Waals surface area contributed by atoms with Gasteiger partial charge in [-0.15, -0.1) is 0 Å². The highest BCUT2D eigenvalue weighted by molar-refractivity contribution is 7.08. The monoisotopic (exact) mass is 312 g/mol. The zero-order chi connectivity index (χ0) is 16.0. The summed E-state index contributed by atoms with van der Waals surface area (Å²) in [7, 11) is 1.21. The minimum Gasteiger partial charge on any atom is -0.457 e. The van der Waals surface area contributed by atoms with Crippen molar-refractivity contribution >= 4 is 29.5 Å². The number of methoxy groups -OCH3 is 1. The number of thiophene rings is 1. The fraction of sp³-hybridized carbons (Fsp3) is 0.467. The number of ether oxygens (including phenoxy) is 3. The van der Waals surface area contributed by atoms with Crippen LogP contribution < -0.4 is 0 Å². The van der Waals surface area contributed by atoms with E-state index in [0.29, 0.717) is 0 Å². The summed E-state index contributed by atoms with van der Waals surface area (Å²) in [4.78, 5) is 23.5. The van der Waals surface area contributed by atoms with Gasteiger partial charge in [-0.05, 0) is 56.2 Å². The van der Waals surface area contributed by atoms with Crippen molar-refractivity contribution in [2.24, 2.45) is 0 Å². The van der Waals surface area contributed by atoms with Gasteiger partial charge in [0.2, 0.25) is 0 Å². The molecule has 0 fully saturated rings. The molecular weight excluding hydrogens is 292 g/mol. The first kappa shape index (κ1) is 17.2. The smallest absolute Gasteiger partial charge is 0.457 e. The van der Waals surface area contributed by atoms with Gasteiger partial charge in [-0.2, -0.15) is 11.3 Å². The molecule has 116 valence electrons. The van der Waals surface area contributed by atoms with Crippen LogP contribution >= 0.6 is 11.3 Å². The van der Waals surface area contributed by atoms with Crippen molar-refractivity contribution in [2.75, 3.05) is 7.11 Å². The van der Waals surface area contributed by atoms with Crippen LogP contribution in [-0.2, 0) is 19.0 Å². The summed E-state index contributed by atoms with van der Waals surface area (Å²) in [6, 6.07) is 1.86. The van der Waals surface area contributed by atoms with Crippen molar-refractivity contribution in [1.29, 1.82) is 0 Å². The minimum absolute atomic E-state index is 0.258. The predicted octanol–water partition coefficient (Wildman–Crippen LogP) is 3.64. The third-order valence-corrected chi connectivity index (χ3v) is 3.08. The van der Waals surface area contributed by atoms with E-state index in [-0.39, 0.29) is 5.57 Å². The maximum Gasteiger partial charge on any atom is 0.508 e. The van der Waals surface area contributed by atoms with Crippen LogP contribution in [0.2, 0.25) is 0 Å². The Bertz CT molecular complexity index is 511. The third kappa shape index (κ3) is 5.99. The average Bonchev–Trinajstić information content (AvgIpc) is 2.86. The van der Waals surface area contributed by atoms with E-state index in [2.05, 4.69) is 4.74 Å². The lowest BCUT2D eigenvalue weighted by Crippen LogP contribution is -2.29. The van der Waals surface area contributed by atoms with Gasteiger partial charge in [0.15, 0.2) is 0 Å². The number of carbonyl (C=O) groups is 2. The van der Waals surface area contributed by atoms with Crippen LogP contribution in [0.3, 0.4) is 0 Å². The summed E-state index contributed by atoms with van der Waals surface area (Å²) < 4.78 is 14.8. The largest absolute Gasteiger partial charge is 0.508 e. The SMILES string of the molecule is COC(=O)O[C@@H](C)/C(=C\c1ccsc1)C(=O)OC(C)(C)C. The van der Waals surface area contributed by atoms with E-state index >= 15 is 0 Å². The molecule has 0 radical (unpaired) electrons. The molecule has 1 atom stereocenters. The summed E-state index contributed by atoms with van der Waals surface area (Å²) in [6.45, 7) is 6.93. The molecule has 0 N–H and O–H groups in total. The Morgan fingerprint density at radius 2 is 2.00 bits per heavy atom. The quantitative estimate of drug-likeness (QED) is 0.627. The Balaban J connectivity index is 3.00. The van der Waals surface area contributed by atoms with E-state index in [1.54, 1.807) is 33.8 Å². The number of hydrogen-bond acceptors (Lipinski definition) is 6. The first-order valence-corrected chi connectivity index (χ1v) is 7.39. The fourth-order valence-electron chi connectivity index (χ4n) is 1.47. The highest BCUT2D eigenvalue weighted by Gasteiger charge is 2.26. The molecule has 0 aromatic carbocycles. The molecule has 1 aromatic rings. The Kier molecular flexibility index (Phi) is 5.96. The normalized spacial score (nSPS) is 13.5. The molecule has 1 rings (SSSR count). The van der Waals surface area contributed by atoms with Gasteiger partial charge in [0.05, 0.1) is 12.7 Å². The molecule has 0 saturated heterocycles. The maximum absolute atomic E-state index is 12.3. The summed E-state index contributed by atoms with van der Waals surface area (Å²) >= 11 is 1.51. The second-order valence-electron chi connectivity index (χ2n) is 5.37. The van der Waals surface area contributed by atoms with E-state index in [1.165, 1.54) is 18.4 Å². The molecule has 0 amide bonds. The number of rotatable bonds is 4. The van der Waals surface area contributed by atoms with Crippen LogP contribution in [0.15, 0.2) is 22.4 Å². The molecule has 0 aliphatic rings. The topological polar surface area (TPSA) is 61.8 Å². The van der Waals surface area contributed by atoms with E-state index < -0.39 is 23.8 Å². The van der Waals surface area contributed by atoms with E-state index in [9.17, 15) is 9.59 Å². The van der Waals surface area contributed by atoms with Gasteiger partial charge in [0, 0.05) is 0 Å². The molecule has 0 unspecified atom stereocenters. The number of hydrogen-bond donors (Lipinski definition) is 0. The summed E-state index contributed by atoms with van der Waals surface area (Å²) in [5.74, 6) is -0.523. The zero-order valence-electron chi connectivity index (χ0n) is 12.8. The van der Waals surface area contributed by atoms with E-state index in [4.69, 9.17) is 9.47 Å². The first-order chi connectivity index (χ1) is 9.73. The highest BCUT2D eigenvalue weighted by atomic mass is 32.1. The Labute approximate surface area is 128 Å². The first-order valence-electron chi connectivity index (χ1n) is 6.44. The lowest BCUT2D eigenvalue weighted by atomic mass is 10.1. The molecule has 0 saturated carbocycles. The Morgan fingerprint density at radius 1 is 1.33 bits per heavy atom. The zero-order valence-corrected chi connectivity index (χ0v) is 13.7. The number of carbonyl (C=O) groups excluding carboxylic acids is 2. The summed E-state index contributed by atoms with van der Waals surface area (Å²) in [5.41, 5.74) is 0.477. The molecule has 0 aliphatic heterocycles. The summed E-state index contributed by atoms with van der Waals surface area (Å²) in [5, 5.41) is 3.78. The van der Waals surface area contributed by atoms with Gasteiger partial charge < -0.3 is 14.2 Å². The molecular formula is C15H20O5S. The summed E-state index contributed by atoms with van der Waals surface area (Å²) in [6.07, 6.45) is 0.0347. The van der Waals surface area contributed by atoms with E-state index in [1.807, 2.05) is 16.8 Å². The van der Waals surface area contributed by atoms with Gasteiger partial charge in [-0.1, -0.05) is 0 Å². The van der Waals surface area contributed by atoms with Crippen LogP contribution in [0, 0.1) is 0 Å². The maximum atomic E-state index is 12.3. The van der Waals surface area contributed by atoms with Gasteiger partial charge in [-0.25, -0.2) is 9.59 Å². The molecule has 0 aliphatic carbocycles. The standard InChI is InChI=1S/C15H20O5S/c1-10(19-14(17)18-5)12(8-11-6-7-21-9-11)13(16)20-15(2,3)4/h6-10H,1-5H3/b12-8+/t10-/m0/s1. The lowest BCUT2D eigenvalue weighted by molar-refractivity contribution is -0.150. The molecule has 6 heteroatoms. The second-order valence-corrected chi connectivity index (χ2v) is 6.15. The Hall–Kier alpha value is -1.82. The predicted molar refractivity (Wildman–Crippen MR) is 81.1 cm³/mol. The lowest BCUT2D eigenvalue weighted by Gasteiger charge is -2.22. The number of esters is 1. The van der Waals surface area contributed by atoms with Crippen molar-refractivity contribution < 1.29 is 23.8 Å². The van der Waals surface area contributed by atoms with Crippen molar-refractivity contribution in [2.45, 2.75) is 39.4 Å². The molecule has 21 heavy (non-hydrogen) atoms. The average molecular weight is 312 g/mol. The fourth-order valence-corrected chi connectivity index (χ4v) is 2.09. The van der Waals surface area contributed by atoms with Gasteiger partial charge >= 0.3 is 12.1 Å². The highest BCUT2D eigenvalue weighted by Crippen LogP contribution is 2.20. The van der Waals surface area contributed by atoms with Gasteiger partial charge in [0.1, 0.15) is 11.7 Å². The van der Waals surface area contributed by atoms with Crippen LogP contribution in [0.4, 0.5) is 4.79 Å². The minimum atomic E-state index is -0.845. The third-order valence-electron chi connectivity index (χ3n) is 2.38. The van der Waals surface area contributed by atoms with Crippen LogP contribution in [0.25, 0.3) is 6.08 Å². The van der Waals surface area contributed by atoms with Crippen molar-refractivity contribution in [1.82, 2.24) is 0 Å². The van der Waals surface area contributed by atoms with Crippen molar-refractivity contribution in [3.05, 3.63) is 28.0 Å². The van der Waals surface area contributed by atoms with Crippen molar-refractivity contribution in [3.63, 3.8) is 0 Å².